The highest BCUT2D eigenvalue weighted by Crippen LogP contribution is 2.57. The van der Waals surface area contributed by atoms with Gasteiger partial charge >= 0.3 is 5.97 Å². The van der Waals surface area contributed by atoms with Crippen LogP contribution < -0.4 is 0 Å². The summed E-state index contributed by atoms with van der Waals surface area (Å²) >= 11 is 0. The largest absolute Gasteiger partial charge is 0.465 e. The van der Waals surface area contributed by atoms with Crippen molar-refractivity contribution in [2.75, 3.05) is 7.11 Å². The fraction of sp³-hybridized carbons (Fsp3) is 0.640. The van der Waals surface area contributed by atoms with Gasteiger partial charge in [0, 0.05) is 6.10 Å². The molecule has 0 unspecified atom stereocenters. The normalized spacial score (nSPS) is 29.0. The first-order valence-electron chi connectivity index (χ1n) is 11.1. The van der Waals surface area contributed by atoms with Crippen molar-refractivity contribution in [3.63, 3.8) is 0 Å². The first-order chi connectivity index (χ1) is 13.5. The highest BCUT2D eigenvalue weighted by Gasteiger charge is 2.51. The number of carbonyl (C=O) groups is 1. The lowest BCUT2D eigenvalue weighted by molar-refractivity contribution is 0.0236. The lowest BCUT2D eigenvalue weighted by atomic mass is 9.66. The molecule has 0 spiro atoms. The molecule has 3 rings (SSSR count). The zero-order chi connectivity index (χ0) is 21.4. The fourth-order valence-corrected chi connectivity index (χ4v) is 6.37. The van der Waals surface area contributed by atoms with Gasteiger partial charge in [-0.15, -0.1) is 0 Å². The van der Waals surface area contributed by atoms with Gasteiger partial charge in [-0.2, -0.15) is 0 Å². The van der Waals surface area contributed by atoms with E-state index in [1.54, 1.807) is 0 Å². The van der Waals surface area contributed by atoms with Crippen molar-refractivity contribution in [3.05, 3.63) is 41.0 Å². The third-order valence-corrected chi connectivity index (χ3v) is 12.3. The smallest absolute Gasteiger partial charge is 0.337 e. The first kappa shape index (κ1) is 22.3. The maximum absolute atomic E-state index is 11.9. The number of fused-ring (bicyclic) bond motifs is 1. The molecular weight excluding hydrogens is 376 g/mol. The fourth-order valence-electron chi connectivity index (χ4n) is 4.97. The first-order valence-corrected chi connectivity index (χ1v) is 14.0. The van der Waals surface area contributed by atoms with Gasteiger partial charge in [0.15, 0.2) is 8.32 Å². The van der Waals surface area contributed by atoms with Gasteiger partial charge in [0.1, 0.15) is 0 Å². The number of ether oxygens (including phenoxy) is 1. The molecule has 29 heavy (non-hydrogen) atoms. The Morgan fingerprint density at radius 2 is 1.97 bits per heavy atom. The van der Waals surface area contributed by atoms with Gasteiger partial charge in [0.25, 0.3) is 0 Å². The van der Waals surface area contributed by atoms with Crippen molar-refractivity contribution in [1.82, 2.24) is 0 Å². The average Bonchev–Trinajstić information content (AvgIpc) is 2.97. The third kappa shape index (κ3) is 4.39. The summed E-state index contributed by atoms with van der Waals surface area (Å²) in [5.74, 6) is 0.321. The minimum atomic E-state index is -1.78. The lowest BCUT2D eigenvalue weighted by Gasteiger charge is -2.47. The number of hydrogen-bond acceptors (Lipinski definition) is 3. The molecule has 0 aromatic heterocycles. The predicted molar refractivity (Wildman–Crippen MR) is 123 cm³/mol. The molecule has 0 bridgehead atoms. The van der Waals surface area contributed by atoms with Crippen LogP contribution in [0, 0.1) is 11.3 Å². The van der Waals surface area contributed by atoms with Crippen LogP contribution in [0.25, 0.3) is 6.08 Å². The number of methoxy groups -OCH3 is 1. The number of rotatable bonds is 4. The highest BCUT2D eigenvalue weighted by atomic mass is 28.4. The molecule has 0 N–H and O–H groups in total. The van der Waals surface area contributed by atoms with Gasteiger partial charge in [0.2, 0.25) is 0 Å². The molecule has 2 aliphatic rings. The molecule has 2 fully saturated rings. The Balaban J connectivity index is 1.85. The quantitative estimate of drug-likeness (QED) is 0.399. The molecule has 0 saturated heterocycles. The second-order valence-corrected chi connectivity index (χ2v) is 15.4. The average molecular weight is 415 g/mol. The van der Waals surface area contributed by atoms with Crippen LogP contribution in [0.4, 0.5) is 0 Å². The number of hydrogen-bond donors (Lipinski definition) is 0. The van der Waals surface area contributed by atoms with Crippen molar-refractivity contribution < 1.29 is 14.0 Å². The summed E-state index contributed by atoms with van der Waals surface area (Å²) in [6.07, 6.45) is 8.68. The molecule has 3 atom stereocenters. The van der Waals surface area contributed by atoms with Gasteiger partial charge in [-0.1, -0.05) is 57.9 Å². The van der Waals surface area contributed by atoms with E-state index in [2.05, 4.69) is 52.9 Å². The van der Waals surface area contributed by atoms with Gasteiger partial charge in [-0.05, 0) is 72.8 Å². The predicted octanol–water partition coefficient (Wildman–Crippen LogP) is 6.85. The van der Waals surface area contributed by atoms with E-state index >= 15 is 0 Å². The minimum absolute atomic E-state index is 0.201. The summed E-state index contributed by atoms with van der Waals surface area (Å²) in [5, 5.41) is 0.243. The molecule has 2 aliphatic carbocycles. The number of allylic oxidation sites excluding steroid dienone is 1. The van der Waals surface area contributed by atoms with Crippen LogP contribution in [0.5, 0.6) is 0 Å². The zero-order valence-corrected chi connectivity index (χ0v) is 20.3. The van der Waals surface area contributed by atoms with Gasteiger partial charge in [-0.3, -0.25) is 0 Å². The molecule has 160 valence electrons. The molecule has 0 amide bonds. The van der Waals surface area contributed by atoms with Crippen LogP contribution in [0.3, 0.4) is 0 Å². The molecule has 3 nitrogen and oxygen atoms in total. The highest BCUT2D eigenvalue weighted by molar-refractivity contribution is 6.74. The third-order valence-electron chi connectivity index (χ3n) is 7.81. The number of benzene rings is 1. The van der Waals surface area contributed by atoms with Crippen LogP contribution in [0.2, 0.25) is 18.1 Å². The number of esters is 1. The van der Waals surface area contributed by atoms with Crippen molar-refractivity contribution in [2.45, 2.75) is 84.0 Å². The van der Waals surface area contributed by atoms with Crippen molar-refractivity contribution >= 4 is 20.4 Å². The molecule has 0 radical (unpaired) electrons. The van der Waals surface area contributed by atoms with E-state index in [9.17, 15) is 4.79 Å². The molecule has 0 heterocycles. The summed E-state index contributed by atoms with van der Waals surface area (Å²) < 4.78 is 11.8. The van der Waals surface area contributed by atoms with E-state index in [0.29, 0.717) is 17.6 Å². The van der Waals surface area contributed by atoms with E-state index in [1.807, 2.05) is 18.2 Å². The van der Waals surface area contributed by atoms with Crippen molar-refractivity contribution in [2.24, 2.45) is 11.3 Å². The molecule has 1 aromatic rings. The summed E-state index contributed by atoms with van der Waals surface area (Å²) in [5.41, 5.74) is 3.43. The second kappa shape index (κ2) is 8.03. The van der Waals surface area contributed by atoms with Crippen LogP contribution in [-0.4, -0.2) is 27.5 Å². The van der Waals surface area contributed by atoms with E-state index < -0.39 is 8.32 Å². The van der Waals surface area contributed by atoms with Crippen LogP contribution in [0.1, 0.15) is 75.7 Å². The standard InChI is InChI=1S/C25H38O3Si/c1-24(2,3)29(6,7)28-22-12-9-15-25(4)20(13-14-21(22)25)17-18-10-8-11-19(16-18)23(26)27-5/h8,10-11,16-17,21-22H,9,12-15H2,1-7H3/b20-17+/t21-,22-,25+/m0/s1. The van der Waals surface area contributed by atoms with Gasteiger partial charge < -0.3 is 9.16 Å². The Morgan fingerprint density at radius 1 is 1.24 bits per heavy atom. The SMILES string of the molecule is COC(=O)c1cccc(/C=C2\CC[C@H]3[C@@H](O[Si](C)(C)C(C)(C)C)CCC[C@]23C)c1. The van der Waals surface area contributed by atoms with Crippen LogP contribution in [-0.2, 0) is 9.16 Å². The second-order valence-electron chi connectivity index (χ2n) is 10.7. The monoisotopic (exact) mass is 414 g/mol. The van der Waals surface area contributed by atoms with E-state index in [-0.39, 0.29) is 16.4 Å². The summed E-state index contributed by atoms with van der Waals surface area (Å²) in [4.78, 5) is 11.9. The Bertz CT molecular complexity index is 790. The summed E-state index contributed by atoms with van der Waals surface area (Å²) in [6, 6.07) is 7.79. The molecular formula is C25H38O3Si. The maximum Gasteiger partial charge on any atom is 0.337 e. The van der Waals surface area contributed by atoms with Crippen molar-refractivity contribution in [3.8, 4) is 0 Å². The zero-order valence-electron chi connectivity index (χ0n) is 19.3. The minimum Gasteiger partial charge on any atom is -0.465 e. The Morgan fingerprint density at radius 3 is 2.62 bits per heavy atom. The molecule has 1 aromatic carbocycles. The van der Waals surface area contributed by atoms with E-state index in [1.165, 1.54) is 38.4 Å². The van der Waals surface area contributed by atoms with Crippen molar-refractivity contribution in [1.29, 1.82) is 0 Å². The Hall–Kier alpha value is -1.39. The molecule has 2 saturated carbocycles. The molecule has 0 aliphatic heterocycles. The van der Waals surface area contributed by atoms with E-state index in [0.717, 1.165) is 12.0 Å². The maximum atomic E-state index is 11.9. The lowest BCUT2D eigenvalue weighted by Crippen LogP contribution is -2.49. The molecule has 4 heteroatoms. The van der Waals surface area contributed by atoms with Gasteiger partial charge in [0.05, 0.1) is 12.7 Å². The summed E-state index contributed by atoms with van der Waals surface area (Å²) in [6.45, 7) is 14.2. The Labute approximate surface area is 178 Å². The van der Waals surface area contributed by atoms with Crippen LogP contribution >= 0.6 is 0 Å². The van der Waals surface area contributed by atoms with E-state index in [4.69, 9.17) is 9.16 Å². The topological polar surface area (TPSA) is 35.5 Å². The van der Waals surface area contributed by atoms with Gasteiger partial charge in [-0.25, -0.2) is 4.79 Å². The number of carbonyl (C=O) groups excluding carboxylic acids is 1. The van der Waals surface area contributed by atoms with Crippen LogP contribution in [0.15, 0.2) is 29.8 Å². The summed E-state index contributed by atoms with van der Waals surface area (Å²) in [7, 11) is -0.345. The Kier molecular flexibility index (Phi) is 6.17.